The fourth-order valence-electron chi connectivity index (χ4n) is 4.21. The van der Waals surface area contributed by atoms with Crippen molar-refractivity contribution in [2.24, 2.45) is 11.7 Å². The van der Waals surface area contributed by atoms with E-state index in [1.165, 1.54) is 32.1 Å². The van der Waals surface area contributed by atoms with Gasteiger partial charge in [-0.2, -0.15) is 0 Å². The zero-order valence-corrected chi connectivity index (χ0v) is 11.8. The van der Waals surface area contributed by atoms with Gasteiger partial charge < -0.3 is 11.1 Å². The molecule has 0 aromatic rings. The highest BCUT2D eigenvalue weighted by atomic mass is 16.1. The van der Waals surface area contributed by atoms with Crippen molar-refractivity contribution in [2.75, 3.05) is 13.1 Å². The lowest BCUT2D eigenvalue weighted by Gasteiger charge is -2.45. The van der Waals surface area contributed by atoms with Crippen molar-refractivity contribution in [3.63, 3.8) is 0 Å². The van der Waals surface area contributed by atoms with Crippen LogP contribution in [0.25, 0.3) is 0 Å². The summed E-state index contributed by atoms with van der Waals surface area (Å²) in [5.41, 5.74) is 6.39. The van der Waals surface area contributed by atoms with Crippen LogP contribution in [0.4, 0.5) is 0 Å². The number of rotatable bonds is 1. The maximum atomic E-state index is 11.5. The predicted octanol–water partition coefficient (Wildman–Crippen LogP) is 1.25. The third-order valence-electron chi connectivity index (χ3n) is 5.35. The number of hydrogen-bond donors (Lipinski definition) is 2. The molecule has 4 unspecified atom stereocenters. The van der Waals surface area contributed by atoms with E-state index < -0.39 is 0 Å². The summed E-state index contributed by atoms with van der Waals surface area (Å²) in [4.78, 5) is 14.1. The molecule has 0 aromatic heterocycles. The standard InChI is InChI=1S/C15H27N3O/c16-12-4-2-1-3-5-14(12)18-9-8-13-11(10-18)6-7-15(19)17-13/h11-14H,1-10,16H2,(H,17,19). The molecule has 4 atom stereocenters. The van der Waals surface area contributed by atoms with Crippen LogP contribution in [0, 0.1) is 5.92 Å². The van der Waals surface area contributed by atoms with Gasteiger partial charge in [0.15, 0.2) is 0 Å². The van der Waals surface area contributed by atoms with E-state index in [9.17, 15) is 4.79 Å². The molecule has 19 heavy (non-hydrogen) atoms. The minimum atomic E-state index is 0.251. The zero-order chi connectivity index (χ0) is 13.2. The Bertz CT molecular complexity index is 333. The molecule has 0 spiro atoms. The molecule has 0 aromatic carbocycles. The highest BCUT2D eigenvalue weighted by Crippen LogP contribution is 2.30. The molecule has 3 rings (SSSR count). The largest absolute Gasteiger partial charge is 0.353 e. The molecule has 2 saturated heterocycles. The van der Waals surface area contributed by atoms with Gasteiger partial charge in [0, 0.05) is 37.6 Å². The predicted molar refractivity (Wildman–Crippen MR) is 75.7 cm³/mol. The molecule has 108 valence electrons. The van der Waals surface area contributed by atoms with Crippen molar-refractivity contribution in [3.05, 3.63) is 0 Å². The number of likely N-dealkylation sites (tertiary alicyclic amines) is 1. The molecule has 2 aliphatic heterocycles. The summed E-state index contributed by atoms with van der Waals surface area (Å²) in [5.74, 6) is 0.905. The van der Waals surface area contributed by atoms with Crippen LogP contribution in [0.15, 0.2) is 0 Å². The van der Waals surface area contributed by atoms with E-state index in [4.69, 9.17) is 5.73 Å². The van der Waals surface area contributed by atoms with Crippen LogP contribution in [0.1, 0.15) is 51.4 Å². The van der Waals surface area contributed by atoms with Crippen LogP contribution in [0.2, 0.25) is 0 Å². The summed E-state index contributed by atoms with van der Waals surface area (Å²) in [6.07, 6.45) is 9.32. The van der Waals surface area contributed by atoms with E-state index in [2.05, 4.69) is 10.2 Å². The normalized spacial score (nSPS) is 41.2. The molecule has 3 N–H and O–H groups in total. The Kier molecular flexibility index (Phi) is 4.08. The summed E-state index contributed by atoms with van der Waals surface area (Å²) in [7, 11) is 0. The third-order valence-corrected chi connectivity index (χ3v) is 5.35. The maximum absolute atomic E-state index is 11.5. The Balaban J connectivity index is 1.62. The Hall–Kier alpha value is -0.610. The average Bonchev–Trinajstić information content (AvgIpc) is 2.63. The van der Waals surface area contributed by atoms with E-state index in [0.29, 0.717) is 30.5 Å². The lowest BCUT2D eigenvalue weighted by molar-refractivity contribution is -0.125. The number of nitrogens with zero attached hydrogens (tertiary/aromatic N) is 1. The molecule has 3 fully saturated rings. The van der Waals surface area contributed by atoms with Gasteiger partial charge in [0.1, 0.15) is 0 Å². The first-order chi connectivity index (χ1) is 9.24. The zero-order valence-electron chi connectivity index (χ0n) is 11.8. The highest BCUT2D eigenvalue weighted by Gasteiger charge is 2.37. The molecule has 3 aliphatic rings. The molecule has 1 saturated carbocycles. The summed E-state index contributed by atoms with van der Waals surface area (Å²) in [6, 6.07) is 1.37. The lowest BCUT2D eigenvalue weighted by atomic mass is 9.84. The third kappa shape index (κ3) is 2.95. The van der Waals surface area contributed by atoms with Gasteiger partial charge in [-0.25, -0.2) is 0 Å². The Morgan fingerprint density at radius 2 is 1.95 bits per heavy atom. The topological polar surface area (TPSA) is 58.4 Å². The Labute approximate surface area is 116 Å². The van der Waals surface area contributed by atoms with Gasteiger partial charge in [-0.15, -0.1) is 0 Å². The van der Waals surface area contributed by atoms with Crippen LogP contribution >= 0.6 is 0 Å². The number of fused-ring (bicyclic) bond motifs is 1. The first-order valence-corrected chi connectivity index (χ1v) is 8.03. The minimum Gasteiger partial charge on any atom is -0.353 e. The van der Waals surface area contributed by atoms with E-state index >= 15 is 0 Å². The van der Waals surface area contributed by atoms with Crippen molar-refractivity contribution in [3.8, 4) is 0 Å². The van der Waals surface area contributed by atoms with E-state index in [1.54, 1.807) is 0 Å². The number of amides is 1. The second-order valence-electron chi connectivity index (χ2n) is 6.63. The molecular weight excluding hydrogens is 238 g/mol. The summed E-state index contributed by atoms with van der Waals surface area (Å²) in [6.45, 7) is 2.25. The molecule has 0 bridgehead atoms. The monoisotopic (exact) mass is 265 g/mol. The van der Waals surface area contributed by atoms with Gasteiger partial charge in [-0.05, 0) is 31.6 Å². The molecule has 4 heteroatoms. The second kappa shape index (κ2) is 5.80. The van der Waals surface area contributed by atoms with Gasteiger partial charge in [-0.1, -0.05) is 19.3 Å². The smallest absolute Gasteiger partial charge is 0.220 e. The summed E-state index contributed by atoms with van der Waals surface area (Å²) in [5, 5.41) is 3.17. The Morgan fingerprint density at radius 3 is 2.84 bits per heavy atom. The highest BCUT2D eigenvalue weighted by molar-refractivity contribution is 5.77. The fourth-order valence-corrected chi connectivity index (χ4v) is 4.21. The van der Waals surface area contributed by atoms with Crippen LogP contribution in [0.5, 0.6) is 0 Å². The fraction of sp³-hybridized carbons (Fsp3) is 0.933. The Morgan fingerprint density at radius 1 is 1.11 bits per heavy atom. The minimum absolute atomic E-state index is 0.251. The number of nitrogens with two attached hydrogens (primary N) is 1. The van der Waals surface area contributed by atoms with E-state index in [1.807, 2.05) is 0 Å². The van der Waals surface area contributed by atoms with E-state index in [-0.39, 0.29) is 5.91 Å². The average molecular weight is 265 g/mol. The SMILES string of the molecule is NC1CCCCCC1N1CCC2NC(=O)CCC2C1. The van der Waals surface area contributed by atoms with Gasteiger partial charge in [0.05, 0.1) is 0 Å². The summed E-state index contributed by atoms with van der Waals surface area (Å²) >= 11 is 0. The molecule has 0 radical (unpaired) electrons. The number of carbonyl (C=O) groups excluding carboxylic acids is 1. The van der Waals surface area contributed by atoms with Gasteiger partial charge in [0.25, 0.3) is 0 Å². The van der Waals surface area contributed by atoms with Crippen LogP contribution in [-0.4, -0.2) is 42.0 Å². The van der Waals surface area contributed by atoms with Crippen LogP contribution in [0.3, 0.4) is 0 Å². The summed E-state index contributed by atoms with van der Waals surface area (Å²) < 4.78 is 0. The van der Waals surface area contributed by atoms with E-state index in [0.717, 1.165) is 25.9 Å². The van der Waals surface area contributed by atoms with Crippen LogP contribution < -0.4 is 11.1 Å². The van der Waals surface area contributed by atoms with Crippen molar-refractivity contribution in [2.45, 2.75) is 69.5 Å². The first-order valence-electron chi connectivity index (χ1n) is 8.03. The van der Waals surface area contributed by atoms with Crippen LogP contribution in [-0.2, 0) is 4.79 Å². The number of piperidine rings is 2. The molecular formula is C15H27N3O. The quantitative estimate of drug-likeness (QED) is 0.702. The lowest BCUT2D eigenvalue weighted by Crippen LogP contribution is -2.58. The van der Waals surface area contributed by atoms with Crippen molar-refractivity contribution < 1.29 is 4.79 Å². The number of hydrogen-bond acceptors (Lipinski definition) is 3. The first kappa shape index (κ1) is 13.4. The van der Waals surface area contributed by atoms with Gasteiger partial charge in [-0.3, -0.25) is 9.69 Å². The van der Waals surface area contributed by atoms with Gasteiger partial charge >= 0.3 is 0 Å². The van der Waals surface area contributed by atoms with Gasteiger partial charge in [0.2, 0.25) is 5.91 Å². The van der Waals surface area contributed by atoms with Crippen molar-refractivity contribution in [1.82, 2.24) is 10.2 Å². The molecule has 2 heterocycles. The number of nitrogens with one attached hydrogen (secondary N) is 1. The maximum Gasteiger partial charge on any atom is 0.220 e. The second-order valence-corrected chi connectivity index (χ2v) is 6.63. The molecule has 4 nitrogen and oxygen atoms in total. The molecule has 1 amide bonds. The number of carbonyl (C=O) groups is 1. The molecule has 1 aliphatic carbocycles. The van der Waals surface area contributed by atoms with Crippen molar-refractivity contribution >= 4 is 5.91 Å². The van der Waals surface area contributed by atoms with Crippen molar-refractivity contribution in [1.29, 1.82) is 0 Å².